The summed E-state index contributed by atoms with van der Waals surface area (Å²) < 4.78 is 5.29. The van der Waals surface area contributed by atoms with E-state index < -0.39 is 6.04 Å². The maximum absolute atomic E-state index is 12.6. The summed E-state index contributed by atoms with van der Waals surface area (Å²) in [6.45, 7) is 3.22. The Kier molecular flexibility index (Phi) is 5.98. The molecule has 0 aromatic heterocycles. The minimum absolute atomic E-state index is 0.0215. The summed E-state index contributed by atoms with van der Waals surface area (Å²) in [5, 5.41) is 5.87. The third-order valence-corrected chi connectivity index (χ3v) is 4.08. The number of carbonyl (C=O) groups is 2. The molecule has 1 aliphatic rings. The fraction of sp³-hybridized carbons (Fsp3) is 0.529. The zero-order chi connectivity index (χ0) is 16.8. The summed E-state index contributed by atoms with van der Waals surface area (Å²) in [4.78, 5) is 26.5. The lowest BCUT2D eigenvalue weighted by atomic mass is 10.1. The van der Waals surface area contributed by atoms with E-state index in [1.165, 1.54) is 0 Å². The summed E-state index contributed by atoms with van der Waals surface area (Å²) in [5.74, 6) is 0.493. The van der Waals surface area contributed by atoms with E-state index >= 15 is 0 Å². The highest BCUT2D eigenvalue weighted by Crippen LogP contribution is 2.27. The number of likely N-dealkylation sites (tertiary alicyclic amines) is 1. The predicted octanol–water partition coefficient (Wildman–Crippen LogP) is 1.54. The lowest BCUT2D eigenvalue weighted by Crippen LogP contribution is -2.43. The van der Waals surface area contributed by atoms with Gasteiger partial charge in [-0.05, 0) is 44.5 Å². The number of amides is 2. The van der Waals surface area contributed by atoms with Crippen molar-refractivity contribution in [3.05, 3.63) is 23.8 Å². The minimum Gasteiger partial charge on any atom is -0.495 e. The Bertz CT molecular complexity index is 574. The van der Waals surface area contributed by atoms with Crippen LogP contribution in [0.2, 0.25) is 0 Å². The van der Waals surface area contributed by atoms with Gasteiger partial charge in [0.05, 0.1) is 12.8 Å². The van der Waals surface area contributed by atoms with Crippen LogP contribution >= 0.6 is 0 Å². The highest BCUT2D eigenvalue weighted by Gasteiger charge is 2.33. The molecular weight excluding hydrogens is 294 g/mol. The van der Waals surface area contributed by atoms with Crippen LogP contribution in [0.3, 0.4) is 0 Å². The van der Waals surface area contributed by atoms with Crippen molar-refractivity contribution in [3.63, 3.8) is 0 Å². The minimum atomic E-state index is -0.399. The second kappa shape index (κ2) is 7.97. The number of benzene rings is 1. The first kappa shape index (κ1) is 17.3. The van der Waals surface area contributed by atoms with E-state index in [-0.39, 0.29) is 11.8 Å². The van der Waals surface area contributed by atoms with E-state index in [0.29, 0.717) is 37.4 Å². The maximum Gasteiger partial charge on any atom is 0.247 e. The predicted molar refractivity (Wildman–Crippen MR) is 89.6 cm³/mol. The van der Waals surface area contributed by atoms with Gasteiger partial charge in [-0.1, -0.05) is 6.07 Å². The van der Waals surface area contributed by atoms with Gasteiger partial charge < -0.3 is 20.3 Å². The molecule has 1 fully saturated rings. The number of carbonyl (C=O) groups excluding carboxylic acids is 2. The van der Waals surface area contributed by atoms with E-state index in [1.54, 1.807) is 12.0 Å². The monoisotopic (exact) mass is 319 g/mol. The number of hydrogen-bond acceptors (Lipinski definition) is 4. The molecule has 0 saturated carbocycles. The zero-order valence-electron chi connectivity index (χ0n) is 14.0. The van der Waals surface area contributed by atoms with Gasteiger partial charge in [0.15, 0.2) is 0 Å². The molecule has 2 rings (SSSR count). The van der Waals surface area contributed by atoms with Gasteiger partial charge in [0.2, 0.25) is 11.8 Å². The third-order valence-electron chi connectivity index (χ3n) is 4.08. The van der Waals surface area contributed by atoms with Crippen LogP contribution in [-0.2, 0) is 9.59 Å². The Balaban J connectivity index is 2.07. The van der Waals surface area contributed by atoms with E-state index in [9.17, 15) is 9.59 Å². The number of aryl methyl sites for hydroxylation is 1. The molecule has 0 aliphatic carbocycles. The first-order valence-electron chi connectivity index (χ1n) is 7.96. The van der Waals surface area contributed by atoms with Crippen molar-refractivity contribution < 1.29 is 14.3 Å². The van der Waals surface area contributed by atoms with Crippen LogP contribution in [-0.4, -0.2) is 50.0 Å². The van der Waals surface area contributed by atoms with Crippen LogP contribution in [0.5, 0.6) is 5.75 Å². The number of hydrogen-bond donors (Lipinski definition) is 2. The largest absolute Gasteiger partial charge is 0.495 e. The zero-order valence-corrected chi connectivity index (χ0v) is 14.0. The van der Waals surface area contributed by atoms with E-state index in [1.807, 2.05) is 32.2 Å². The Morgan fingerprint density at radius 2 is 2.17 bits per heavy atom. The van der Waals surface area contributed by atoms with Gasteiger partial charge in [-0.25, -0.2) is 0 Å². The van der Waals surface area contributed by atoms with Crippen molar-refractivity contribution in [1.82, 2.24) is 10.2 Å². The molecule has 0 radical (unpaired) electrons. The van der Waals surface area contributed by atoms with Gasteiger partial charge >= 0.3 is 0 Å². The number of nitrogens with one attached hydrogen (secondary N) is 2. The molecule has 1 aromatic carbocycles. The van der Waals surface area contributed by atoms with Crippen LogP contribution in [0.15, 0.2) is 18.2 Å². The fourth-order valence-electron chi connectivity index (χ4n) is 2.85. The summed E-state index contributed by atoms with van der Waals surface area (Å²) in [6, 6.07) is 5.23. The van der Waals surface area contributed by atoms with Crippen LogP contribution in [0.1, 0.15) is 24.8 Å². The molecule has 6 heteroatoms. The second-order valence-corrected chi connectivity index (χ2v) is 5.79. The molecule has 0 spiro atoms. The molecule has 1 heterocycles. The van der Waals surface area contributed by atoms with Crippen LogP contribution in [0, 0.1) is 6.92 Å². The Morgan fingerprint density at radius 1 is 1.39 bits per heavy atom. The van der Waals surface area contributed by atoms with Gasteiger partial charge in [0.1, 0.15) is 11.8 Å². The van der Waals surface area contributed by atoms with Crippen molar-refractivity contribution in [2.75, 3.05) is 32.6 Å². The van der Waals surface area contributed by atoms with Crippen molar-refractivity contribution in [1.29, 1.82) is 0 Å². The lowest BCUT2D eigenvalue weighted by Gasteiger charge is -2.24. The molecule has 1 aromatic rings. The van der Waals surface area contributed by atoms with Crippen LogP contribution in [0.4, 0.5) is 5.69 Å². The van der Waals surface area contributed by atoms with Gasteiger partial charge in [0.25, 0.3) is 0 Å². The summed E-state index contributed by atoms with van der Waals surface area (Å²) in [6.07, 6.45) is 1.97. The molecule has 1 aliphatic heterocycles. The topological polar surface area (TPSA) is 70.7 Å². The molecule has 1 unspecified atom stereocenters. The highest BCUT2D eigenvalue weighted by molar-refractivity contribution is 5.98. The van der Waals surface area contributed by atoms with Crippen LogP contribution in [0.25, 0.3) is 0 Å². The van der Waals surface area contributed by atoms with E-state index in [0.717, 1.165) is 12.0 Å². The molecular formula is C17H25N3O3. The normalized spacial score (nSPS) is 17.2. The van der Waals surface area contributed by atoms with Crippen molar-refractivity contribution in [2.24, 2.45) is 0 Å². The molecule has 23 heavy (non-hydrogen) atoms. The van der Waals surface area contributed by atoms with Gasteiger partial charge in [-0.2, -0.15) is 0 Å². The highest BCUT2D eigenvalue weighted by atomic mass is 16.5. The van der Waals surface area contributed by atoms with Gasteiger partial charge in [0, 0.05) is 19.5 Å². The smallest absolute Gasteiger partial charge is 0.247 e. The quantitative estimate of drug-likeness (QED) is 0.834. The van der Waals surface area contributed by atoms with Crippen molar-refractivity contribution in [3.8, 4) is 5.75 Å². The number of rotatable bonds is 6. The summed E-state index contributed by atoms with van der Waals surface area (Å²) in [5.41, 5.74) is 1.68. The molecule has 2 N–H and O–H groups in total. The molecule has 1 atom stereocenters. The Hall–Kier alpha value is -2.08. The van der Waals surface area contributed by atoms with Crippen molar-refractivity contribution >= 4 is 17.5 Å². The molecule has 2 amide bonds. The number of nitrogens with zero attached hydrogens (tertiary/aromatic N) is 1. The fourth-order valence-corrected chi connectivity index (χ4v) is 2.85. The summed E-state index contributed by atoms with van der Waals surface area (Å²) >= 11 is 0. The first-order chi connectivity index (χ1) is 11.1. The molecule has 126 valence electrons. The van der Waals surface area contributed by atoms with E-state index in [4.69, 9.17) is 4.74 Å². The number of methoxy groups -OCH3 is 1. The Labute approximate surface area is 137 Å². The van der Waals surface area contributed by atoms with Gasteiger partial charge in [-0.15, -0.1) is 0 Å². The second-order valence-electron chi connectivity index (χ2n) is 5.79. The third kappa shape index (κ3) is 4.22. The molecule has 1 saturated heterocycles. The van der Waals surface area contributed by atoms with Crippen molar-refractivity contribution in [2.45, 2.75) is 32.2 Å². The average Bonchev–Trinajstić information content (AvgIpc) is 3.02. The van der Waals surface area contributed by atoms with Crippen LogP contribution < -0.4 is 15.4 Å². The van der Waals surface area contributed by atoms with E-state index in [2.05, 4.69) is 10.6 Å². The summed E-state index contributed by atoms with van der Waals surface area (Å²) in [7, 11) is 3.38. The Morgan fingerprint density at radius 3 is 2.87 bits per heavy atom. The molecule has 6 nitrogen and oxygen atoms in total. The standard InChI is InChI=1S/C17H25N3O3/c1-12-6-7-15(23-3)13(11-12)19-17(22)14-5-4-10-20(14)16(21)8-9-18-2/h6-7,11,14,18H,4-5,8-10H2,1-3H3,(H,19,22). The SMILES string of the molecule is CNCCC(=O)N1CCCC1C(=O)Nc1cc(C)ccc1OC. The average molecular weight is 319 g/mol. The number of anilines is 1. The number of ether oxygens (including phenoxy) is 1. The maximum atomic E-state index is 12.6. The lowest BCUT2D eigenvalue weighted by molar-refractivity contribution is -0.136. The van der Waals surface area contributed by atoms with Gasteiger partial charge in [-0.3, -0.25) is 9.59 Å². The first-order valence-corrected chi connectivity index (χ1v) is 7.96. The molecule has 0 bridgehead atoms.